The lowest BCUT2D eigenvalue weighted by Gasteiger charge is -2.25. The van der Waals surface area contributed by atoms with Crippen LogP contribution < -0.4 is 5.32 Å². The summed E-state index contributed by atoms with van der Waals surface area (Å²) in [5.41, 5.74) is 6.62. The first-order valence-electron chi connectivity index (χ1n) is 5.77. The third-order valence-electron chi connectivity index (χ3n) is 3.09. The predicted molar refractivity (Wildman–Crippen MR) is 74.3 cm³/mol. The number of aryl methyl sites for hydroxylation is 1. The number of anilines is 1. The Hall–Kier alpha value is -1.24. The molecular weight excluding hydrogens is 194 g/mol. The first-order valence-corrected chi connectivity index (χ1v) is 5.77. The van der Waals surface area contributed by atoms with Crippen LogP contribution in [0.5, 0.6) is 0 Å². The lowest BCUT2D eigenvalue weighted by atomic mass is 9.81. The van der Waals surface area contributed by atoms with Crippen LogP contribution in [0.4, 0.5) is 5.69 Å². The fourth-order valence-electron chi connectivity index (χ4n) is 2.31. The van der Waals surface area contributed by atoms with Gasteiger partial charge in [0.15, 0.2) is 0 Å². The van der Waals surface area contributed by atoms with Gasteiger partial charge < -0.3 is 5.32 Å². The second-order valence-electron chi connectivity index (χ2n) is 5.36. The molecule has 1 nitrogen and oxygen atoms in total. The minimum Gasteiger partial charge on any atom is -0.387 e. The van der Waals surface area contributed by atoms with Gasteiger partial charge in [-0.05, 0) is 36.0 Å². The highest BCUT2D eigenvalue weighted by Crippen LogP contribution is 2.34. The lowest BCUT2D eigenvalue weighted by Crippen LogP contribution is -2.15. The second-order valence-corrected chi connectivity index (χ2v) is 5.36. The van der Waals surface area contributed by atoms with Gasteiger partial charge in [0, 0.05) is 18.3 Å². The Morgan fingerprint density at radius 3 is 2.19 bits per heavy atom. The molecule has 0 spiro atoms. The van der Waals surface area contributed by atoms with Gasteiger partial charge in [-0.25, -0.2) is 0 Å². The fraction of sp³-hybridized carbons (Fsp3) is 0.467. The van der Waals surface area contributed by atoms with Crippen molar-refractivity contribution in [3.63, 3.8) is 0 Å². The standard InChI is InChI=1S/C15H23N/c1-8-12-11(3)13(15(4,5)6)9-10(2)14(12)16-7/h8-9,16H,1H2,2-7H3. The van der Waals surface area contributed by atoms with E-state index in [9.17, 15) is 0 Å². The topological polar surface area (TPSA) is 12.0 Å². The fourth-order valence-corrected chi connectivity index (χ4v) is 2.31. The van der Waals surface area contributed by atoms with E-state index in [2.05, 4.69) is 52.6 Å². The maximum absolute atomic E-state index is 3.92. The van der Waals surface area contributed by atoms with Gasteiger partial charge in [0.25, 0.3) is 0 Å². The minimum absolute atomic E-state index is 0.179. The molecule has 0 aliphatic heterocycles. The van der Waals surface area contributed by atoms with Crippen molar-refractivity contribution in [3.05, 3.63) is 34.9 Å². The van der Waals surface area contributed by atoms with E-state index < -0.39 is 0 Å². The molecule has 0 radical (unpaired) electrons. The first kappa shape index (κ1) is 12.8. The van der Waals surface area contributed by atoms with Crippen molar-refractivity contribution in [2.24, 2.45) is 0 Å². The molecule has 0 atom stereocenters. The summed E-state index contributed by atoms with van der Waals surface area (Å²) in [6.07, 6.45) is 1.95. The molecule has 0 saturated carbocycles. The molecule has 1 N–H and O–H groups in total. The molecule has 0 aromatic heterocycles. The van der Waals surface area contributed by atoms with Crippen molar-refractivity contribution in [3.8, 4) is 0 Å². The molecule has 0 saturated heterocycles. The smallest absolute Gasteiger partial charge is 0.0443 e. The van der Waals surface area contributed by atoms with E-state index in [0.717, 1.165) is 0 Å². The number of benzene rings is 1. The first-order chi connectivity index (χ1) is 7.32. The van der Waals surface area contributed by atoms with Crippen LogP contribution in [-0.2, 0) is 5.41 Å². The van der Waals surface area contributed by atoms with E-state index in [1.165, 1.54) is 27.9 Å². The molecule has 16 heavy (non-hydrogen) atoms. The largest absolute Gasteiger partial charge is 0.387 e. The highest BCUT2D eigenvalue weighted by atomic mass is 14.8. The molecule has 0 amide bonds. The summed E-state index contributed by atoms with van der Waals surface area (Å²) in [5, 5.41) is 3.26. The summed E-state index contributed by atoms with van der Waals surface area (Å²) < 4.78 is 0. The van der Waals surface area contributed by atoms with Gasteiger partial charge in [-0.1, -0.05) is 39.5 Å². The molecule has 0 aliphatic carbocycles. The van der Waals surface area contributed by atoms with Crippen molar-refractivity contribution in [1.82, 2.24) is 0 Å². The van der Waals surface area contributed by atoms with Crippen LogP contribution in [0.2, 0.25) is 0 Å². The summed E-state index contributed by atoms with van der Waals surface area (Å²) in [7, 11) is 1.96. The van der Waals surface area contributed by atoms with Crippen molar-refractivity contribution in [2.45, 2.75) is 40.0 Å². The molecule has 88 valence electrons. The molecule has 0 bridgehead atoms. The van der Waals surface area contributed by atoms with Crippen LogP contribution >= 0.6 is 0 Å². The van der Waals surface area contributed by atoms with E-state index in [4.69, 9.17) is 0 Å². The molecule has 0 aliphatic rings. The maximum atomic E-state index is 3.92. The third-order valence-corrected chi connectivity index (χ3v) is 3.09. The Morgan fingerprint density at radius 2 is 1.81 bits per heavy atom. The zero-order valence-corrected chi connectivity index (χ0v) is 11.4. The zero-order valence-electron chi connectivity index (χ0n) is 11.4. The van der Waals surface area contributed by atoms with E-state index in [-0.39, 0.29) is 5.41 Å². The Kier molecular flexibility index (Phi) is 3.47. The Labute approximate surface area is 99.6 Å². The van der Waals surface area contributed by atoms with Crippen LogP contribution in [0.25, 0.3) is 6.08 Å². The summed E-state index contributed by atoms with van der Waals surface area (Å²) in [5.74, 6) is 0. The van der Waals surface area contributed by atoms with Crippen molar-refractivity contribution >= 4 is 11.8 Å². The SMILES string of the molecule is C=Cc1c(C)c(C(C)(C)C)cc(C)c1NC. The molecule has 0 unspecified atom stereocenters. The number of nitrogens with one attached hydrogen (secondary N) is 1. The van der Waals surface area contributed by atoms with E-state index in [0.29, 0.717) is 0 Å². The Bertz CT molecular complexity index is 408. The molecule has 1 rings (SSSR count). The third kappa shape index (κ3) is 2.13. The normalized spacial score (nSPS) is 11.4. The molecule has 1 aromatic carbocycles. The monoisotopic (exact) mass is 217 g/mol. The van der Waals surface area contributed by atoms with Crippen LogP contribution in [0.1, 0.15) is 43.0 Å². The summed E-state index contributed by atoms with van der Waals surface area (Å²) in [6, 6.07) is 2.29. The maximum Gasteiger partial charge on any atom is 0.0443 e. The van der Waals surface area contributed by atoms with Gasteiger partial charge in [0.1, 0.15) is 0 Å². The molecule has 1 aromatic rings. The second kappa shape index (κ2) is 4.32. The molecule has 1 heteroatoms. The number of hydrogen-bond acceptors (Lipinski definition) is 1. The molecule has 0 heterocycles. The van der Waals surface area contributed by atoms with Crippen LogP contribution in [-0.4, -0.2) is 7.05 Å². The van der Waals surface area contributed by atoms with Gasteiger partial charge in [-0.3, -0.25) is 0 Å². The molecule has 0 fully saturated rings. The number of rotatable bonds is 2. The lowest BCUT2D eigenvalue weighted by molar-refractivity contribution is 0.585. The number of hydrogen-bond donors (Lipinski definition) is 1. The zero-order chi connectivity index (χ0) is 12.5. The van der Waals surface area contributed by atoms with Crippen LogP contribution in [0, 0.1) is 13.8 Å². The van der Waals surface area contributed by atoms with Crippen LogP contribution in [0.3, 0.4) is 0 Å². The average Bonchev–Trinajstić information content (AvgIpc) is 2.18. The average molecular weight is 217 g/mol. The van der Waals surface area contributed by atoms with E-state index in [1.54, 1.807) is 0 Å². The summed E-state index contributed by atoms with van der Waals surface area (Å²) in [4.78, 5) is 0. The van der Waals surface area contributed by atoms with Gasteiger partial charge >= 0.3 is 0 Å². The minimum atomic E-state index is 0.179. The van der Waals surface area contributed by atoms with E-state index >= 15 is 0 Å². The predicted octanol–water partition coefficient (Wildman–Crippen LogP) is 4.29. The summed E-state index contributed by atoms with van der Waals surface area (Å²) in [6.45, 7) is 15.0. The van der Waals surface area contributed by atoms with Gasteiger partial charge in [0.2, 0.25) is 0 Å². The quantitative estimate of drug-likeness (QED) is 0.779. The Morgan fingerprint density at radius 1 is 1.25 bits per heavy atom. The van der Waals surface area contributed by atoms with Crippen molar-refractivity contribution in [2.75, 3.05) is 12.4 Å². The van der Waals surface area contributed by atoms with Gasteiger partial charge in [-0.2, -0.15) is 0 Å². The Balaban J connectivity index is 3.59. The molecular formula is C15H23N. The van der Waals surface area contributed by atoms with Gasteiger partial charge in [0.05, 0.1) is 0 Å². The van der Waals surface area contributed by atoms with Crippen molar-refractivity contribution in [1.29, 1.82) is 0 Å². The van der Waals surface area contributed by atoms with Crippen LogP contribution in [0.15, 0.2) is 12.6 Å². The highest BCUT2D eigenvalue weighted by molar-refractivity contribution is 5.73. The van der Waals surface area contributed by atoms with E-state index in [1.807, 2.05) is 13.1 Å². The van der Waals surface area contributed by atoms with Crippen molar-refractivity contribution < 1.29 is 0 Å². The summed E-state index contributed by atoms with van der Waals surface area (Å²) >= 11 is 0. The van der Waals surface area contributed by atoms with Gasteiger partial charge in [-0.15, -0.1) is 0 Å². The highest BCUT2D eigenvalue weighted by Gasteiger charge is 2.20.